The van der Waals surface area contributed by atoms with E-state index in [0.717, 1.165) is 38.5 Å². The minimum absolute atomic E-state index is 0.128. The van der Waals surface area contributed by atoms with Crippen LogP contribution in [0.2, 0.25) is 0 Å². The molecule has 0 saturated heterocycles. The molecular formula is C14H26O3S. The highest BCUT2D eigenvalue weighted by molar-refractivity contribution is 7.87. The molecule has 0 aromatic heterocycles. The van der Waals surface area contributed by atoms with E-state index in [9.17, 15) is 8.42 Å². The molecule has 0 spiro atoms. The van der Waals surface area contributed by atoms with E-state index in [1.807, 2.05) is 6.92 Å². The highest BCUT2D eigenvalue weighted by Crippen LogP contribution is 2.33. The monoisotopic (exact) mass is 274 g/mol. The van der Waals surface area contributed by atoms with Crippen molar-refractivity contribution in [2.24, 2.45) is 11.8 Å². The normalized spacial score (nSPS) is 32.6. The molecule has 0 bridgehead atoms. The van der Waals surface area contributed by atoms with E-state index >= 15 is 0 Å². The predicted octanol–water partition coefficient (Wildman–Crippen LogP) is 3.49. The largest absolute Gasteiger partial charge is 0.270 e. The van der Waals surface area contributed by atoms with Crippen molar-refractivity contribution in [2.45, 2.75) is 76.6 Å². The van der Waals surface area contributed by atoms with E-state index in [1.165, 1.54) is 12.8 Å². The molecule has 2 saturated carbocycles. The Hall–Kier alpha value is -0.0900. The van der Waals surface area contributed by atoms with Gasteiger partial charge >= 0.3 is 0 Å². The average molecular weight is 274 g/mol. The van der Waals surface area contributed by atoms with Crippen LogP contribution in [0.15, 0.2) is 0 Å². The molecule has 2 fully saturated rings. The fourth-order valence-electron chi connectivity index (χ4n) is 3.31. The second-order valence-corrected chi connectivity index (χ2v) is 8.07. The zero-order chi connectivity index (χ0) is 13.2. The number of rotatable bonds is 4. The maximum atomic E-state index is 12.2. The maximum Gasteiger partial charge on any atom is 0.270 e. The minimum atomic E-state index is -3.34. The summed E-state index contributed by atoms with van der Waals surface area (Å²) in [5.41, 5.74) is 0. The van der Waals surface area contributed by atoms with Crippen LogP contribution in [0.4, 0.5) is 0 Å². The van der Waals surface area contributed by atoms with Gasteiger partial charge in [-0.15, -0.1) is 0 Å². The second-order valence-electron chi connectivity index (χ2n) is 6.22. The number of hydrogen-bond acceptors (Lipinski definition) is 3. The molecule has 0 amide bonds. The molecule has 2 rings (SSSR count). The highest BCUT2D eigenvalue weighted by Gasteiger charge is 2.34. The summed E-state index contributed by atoms with van der Waals surface area (Å²) in [6.45, 7) is 4.13. The molecule has 0 aromatic carbocycles. The van der Waals surface area contributed by atoms with Crippen LogP contribution in [0.1, 0.15) is 65.2 Å². The zero-order valence-corrected chi connectivity index (χ0v) is 12.4. The average Bonchev–Trinajstić information content (AvgIpc) is 2.82. The molecule has 1 atom stereocenters. The first-order chi connectivity index (χ1) is 8.49. The summed E-state index contributed by atoms with van der Waals surface area (Å²) < 4.78 is 29.9. The van der Waals surface area contributed by atoms with Crippen molar-refractivity contribution in [1.29, 1.82) is 0 Å². The predicted molar refractivity (Wildman–Crippen MR) is 72.8 cm³/mol. The van der Waals surface area contributed by atoms with E-state index in [1.54, 1.807) is 0 Å². The van der Waals surface area contributed by atoms with Gasteiger partial charge in [-0.25, -0.2) is 0 Å². The third-order valence-electron chi connectivity index (χ3n) is 4.72. The van der Waals surface area contributed by atoms with Crippen LogP contribution in [0, 0.1) is 11.8 Å². The minimum Gasteiger partial charge on any atom is -0.267 e. The van der Waals surface area contributed by atoms with Gasteiger partial charge in [-0.2, -0.15) is 8.42 Å². The Labute approximate surface area is 111 Å². The van der Waals surface area contributed by atoms with Crippen LogP contribution in [0.3, 0.4) is 0 Å². The van der Waals surface area contributed by atoms with Crippen LogP contribution >= 0.6 is 0 Å². The molecule has 2 aliphatic carbocycles. The molecule has 0 heterocycles. The van der Waals surface area contributed by atoms with Gasteiger partial charge in [0.25, 0.3) is 10.1 Å². The first-order valence-corrected chi connectivity index (χ1v) is 8.88. The summed E-state index contributed by atoms with van der Waals surface area (Å²) >= 11 is 0. The van der Waals surface area contributed by atoms with Gasteiger partial charge in [-0.3, -0.25) is 4.18 Å². The summed E-state index contributed by atoms with van der Waals surface area (Å²) in [5.74, 6) is 1.12. The molecule has 1 unspecified atom stereocenters. The van der Waals surface area contributed by atoms with Gasteiger partial charge in [0.05, 0.1) is 11.4 Å². The van der Waals surface area contributed by atoms with E-state index in [2.05, 4.69) is 6.92 Å². The van der Waals surface area contributed by atoms with Crippen molar-refractivity contribution in [1.82, 2.24) is 0 Å². The van der Waals surface area contributed by atoms with Crippen LogP contribution < -0.4 is 0 Å². The van der Waals surface area contributed by atoms with Crippen molar-refractivity contribution in [3.63, 3.8) is 0 Å². The summed E-state index contributed by atoms with van der Waals surface area (Å²) in [6.07, 6.45) is 8.16. The fourth-order valence-corrected chi connectivity index (χ4v) is 4.90. The first kappa shape index (κ1) is 14.3. The fraction of sp³-hybridized carbons (Fsp3) is 1.00. The van der Waals surface area contributed by atoms with E-state index < -0.39 is 10.1 Å². The third kappa shape index (κ3) is 3.47. The summed E-state index contributed by atoms with van der Waals surface area (Å²) in [6, 6.07) is 0. The molecule has 106 valence electrons. The molecule has 2 aliphatic rings. The van der Waals surface area contributed by atoms with Crippen LogP contribution in [-0.2, 0) is 14.3 Å². The summed E-state index contributed by atoms with van der Waals surface area (Å²) in [4.78, 5) is 0. The van der Waals surface area contributed by atoms with Crippen molar-refractivity contribution < 1.29 is 12.6 Å². The topological polar surface area (TPSA) is 43.4 Å². The number of hydrogen-bond donors (Lipinski definition) is 0. The van der Waals surface area contributed by atoms with Gasteiger partial charge in [0, 0.05) is 0 Å². The van der Waals surface area contributed by atoms with E-state index in [-0.39, 0.29) is 11.4 Å². The lowest BCUT2D eigenvalue weighted by molar-refractivity contribution is 0.156. The van der Waals surface area contributed by atoms with E-state index in [0.29, 0.717) is 11.8 Å². The Morgan fingerprint density at radius 2 is 1.56 bits per heavy atom. The first-order valence-electron chi connectivity index (χ1n) is 7.41. The summed E-state index contributed by atoms with van der Waals surface area (Å²) in [5, 5.41) is -0.252. The molecule has 0 radical (unpaired) electrons. The van der Waals surface area contributed by atoms with Gasteiger partial charge in [-0.1, -0.05) is 19.8 Å². The van der Waals surface area contributed by atoms with Crippen molar-refractivity contribution >= 4 is 10.1 Å². The van der Waals surface area contributed by atoms with Gasteiger partial charge in [-0.05, 0) is 57.3 Å². The Kier molecular flexibility index (Phi) is 4.70. The Morgan fingerprint density at radius 1 is 1.00 bits per heavy atom. The van der Waals surface area contributed by atoms with Crippen LogP contribution in [-0.4, -0.2) is 19.8 Å². The van der Waals surface area contributed by atoms with Crippen molar-refractivity contribution in [2.75, 3.05) is 0 Å². The van der Waals surface area contributed by atoms with E-state index in [4.69, 9.17) is 4.18 Å². The molecular weight excluding hydrogens is 248 g/mol. The standard InChI is InChI=1S/C14H26O3S/c1-11-7-9-14(10-8-11)18(15,16)17-12(2)13-5-3-4-6-13/h11-14H,3-10H2,1-2H3. The molecule has 0 aliphatic heterocycles. The lowest BCUT2D eigenvalue weighted by Crippen LogP contribution is -2.32. The summed E-state index contributed by atoms with van der Waals surface area (Å²) in [7, 11) is -3.34. The molecule has 3 nitrogen and oxygen atoms in total. The second kappa shape index (κ2) is 5.91. The van der Waals surface area contributed by atoms with Gasteiger partial charge < -0.3 is 0 Å². The van der Waals surface area contributed by atoms with Gasteiger partial charge in [0.1, 0.15) is 0 Å². The van der Waals surface area contributed by atoms with Crippen molar-refractivity contribution in [3.05, 3.63) is 0 Å². The lowest BCUT2D eigenvalue weighted by atomic mass is 9.91. The van der Waals surface area contributed by atoms with Crippen LogP contribution in [0.5, 0.6) is 0 Å². The Morgan fingerprint density at radius 3 is 2.11 bits per heavy atom. The molecule has 0 N–H and O–H groups in total. The Balaban J connectivity index is 1.90. The molecule has 4 heteroatoms. The van der Waals surface area contributed by atoms with Gasteiger partial charge in [0.15, 0.2) is 0 Å². The highest BCUT2D eigenvalue weighted by atomic mass is 32.2. The SMILES string of the molecule is CC1CCC(S(=O)(=O)OC(C)C2CCCC2)CC1. The molecule has 0 aromatic rings. The maximum absolute atomic E-state index is 12.2. The van der Waals surface area contributed by atoms with Crippen LogP contribution in [0.25, 0.3) is 0 Å². The zero-order valence-electron chi connectivity index (χ0n) is 11.6. The lowest BCUT2D eigenvalue weighted by Gasteiger charge is -2.28. The Bertz CT molecular complexity index is 349. The van der Waals surface area contributed by atoms with Crippen molar-refractivity contribution in [3.8, 4) is 0 Å². The van der Waals surface area contributed by atoms with Gasteiger partial charge in [0.2, 0.25) is 0 Å². The third-order valence-corrected chi connectivity index (χ3v) is 6.58. The smallest absolute Gasteiger partial charge is 0.267 e. The quantitative estimate of drug-likeness (QED) is 0.737. The molecule has 18 heavy (non-hydrogen) atoms.